The maximum absolute atomic E-state index is 15.0. The number of aryl methyl sites for hydroxylation is 1. The van der Waals surface area contributed by atoms with Crippen molar-refractivity contribution in [2.75, 3.05) is 47.0 Å². The Morgan fingerprint density at radius 2 is 1.77 bits per heavy atom. The minimum absolute atomic E-state index is 0.0578. The number of rotatable bonds is 5. The fourth-order valence-corrected chi connectivity index (χ4v) is 12.4. The molecule has 0 radical (unpaired) electrons. The van der Waals surface area contributed by atoms with Gasteiger partial charge in [-0.3, -0.25) is 15.1 Å². The van der Waals surface area contributed by atoms with Gasteiger partial charge in [-0.25, -0.2) is 9.59 Å². The lowest BCUT2D eigenvalue weighted by molar-refractivity contribution is -0.265. The van der Waals surface area contributed by atoms with Crippen LogP contribution in [0.2, 0.25) is 0 Å². The number of benzene rings is 3. The molecule has 3 N–H and O–H groups in total. The zero-order valence-corrected chi connectivity index (χ0v) is 37.7. The summed E-state index contributed by atoms with van der Waals surface area (Å²) < 4.78 is 89.5. The van der Waals surface area contributed by atoms with E-state index in [1.165, 1.54) is 32.9 Å². The highest BCUT2D eigenvalue weighted by atomic mass is 32.2. The molecule has 3 aromatic carbocycles. The topological polar surface area (TPSA) is 191 Å². The number of nitrogens with zero attached hydrogens (tertiary/aromatic N) is 3. The second kappa shape index (κ2) is 15.9. The number of carbonyl (C=O) groups excluding carboxylic acids is 2. The van der Waals surface area contributed by atoms with Crippen LogP contribution >= 0.6 is 11.8 Å². The molecule has 2 saturated heterocycles. The molecule has 0 aliphatic carbocycles. The Morgan fingerprint density at radius 1 is 1.03 bits per heavy atom. The number of hydrogen-bond donors (Lipinski definition) is 3. The predicted octanol–water partition coefficient (Wildman–Crippen LogP) is 5.93. The van der Waals surface area contributed by atoms with Crippen molar-refractivity contribution in [1.82, 2.24) is 15.1 Å². The van der Waals surface area contributed by atoms with E-state index >= 15 is 4.79 Å². The molecule has 7 heterocycles. The number of carbonyl (C=O) groups is 2. The van der Waals surface area contributed by atoms with Crippen molar-refractivity contribution >= 4 is 23.9 Å². The summed E-state index contributed by atoms with van der Waals surface area (Å²) in [6, 6.07) is 3.67. The van der Waals surface area contributed by atoms with Crippen molar-refractivity contribution in [3.05, 3.63) is 62.7 Å². The molecular formula is C45H49F3N4O12S. The van der Waals surface area contributed by atoms with E-state index in [9.17, 15) is 33.4 Å². The lowest BCUT2D eigenvalue weighted by Crippen LogP contribution is -2.69. The first-order valence-electron chi connectivity index (χ1n) is 21.1. The Balaban J connectivity index is 1.28. The van der Waals surface area contributed by atoms with Gasteiger partial charge >= 0.3 is 18.3 Å². The van der Waals surface area contributed by atoms with Gasteiger partial charge in [0, 0.05) is 46.6 Å². The SMILES string of the molecule is COc1cc2c(cc1OC(=O)OC(C)(C)C)CCN[C@]21CS[C@@H]2c3c(OC(O)C(F)(F)F)c(C)c4c(c3[C@H](COC1=O)N1C2[C@@H]2c3c(cc(C)c(OC)c3O)C[C@@H]([C@@H]1C#N)N2C)OCO4. The van der Waals surface area contributed by atoms with Gasteiger partial charge in [0.2, 0.25) is 6.79 Å². The molecule has 1 spiro atoms. The molecule has 4 bridgehead atoms. The molecule has 20 heteroatoms. The zero-order chi connectivity index (χ0) is 46.7. The summed E-state index contributed by atoms with van der Waals surface area (Å²) in [6.45, 7) is 7.96. The molecule has 65 heavy (non-hydrogen) atoms. The van der Waals surface area contributed by atoms with E-state index < -0.39 is 77.8 Å². The summed E-state index contributed by atoms with van der Waals surface area (Å²) in [5, 5.41) is 36.4. The minimum atomic E-state index is -5.20. The summed E-state index contributed by atoms with van der Waals surface area (Å²) in [4.78, 5) is 31.9. The number of esters is 1. The first-order chi connectivity index (χ1) is 30.7. The first kappa shape index (κ1) is 44.9. The van der Waals surface area contributed by atoms with E-state index in [1.807, 2.05) is 29.8 Å². The van der Waals surface area contributed by atoms with Gasteiger partial charge in [-0.2, -0.15) is 18.4 Å². The minimum Gasteiger partial charge on any atom is -0.504 e. The largest absolute Gasteiger partial charge is 0.514 e. The van der Waals surface area contributed by atoms with Gasteiger partial charge in [0.05, 0.1) is 37.6 Å². The smallest absolute Gasteiger partial charge is 0.504 e. The third kappa shape index (κ3) is 7.03. The van der Waals surface area contributed by atoms with Crippen LogP contribution in [0.15, 0.2) is 18.2 Å². The molecule has 0 aromatic heterocycles. The van der Waals surface area contributed by atoms with E-state index in [1.54, 1.807) is 32.9 Å². The van der Waals surface area contributed by atoms with Crippen LogP contribution in [-0.2, 0) is 32.6 Å². The highest BCUT2D eigenvalue weighted by molar-refractivity contribution is 7.99. The van der Waals surface area contributed by atoms with Crippen molar-refractivity contribution < 1.29 is 70.9 Å². The summed E-state index contributed by atoms with van der Waals surface area (Å²) in [5.74, 6) is -0.519. The molecule has 16 nitrogen and oxygen atoms in total. The summed E-state index contributed by atoms with van der Waals surface area (Å²) in [6.07, 6.45) is -8.67. The second-order valence-corrected chi connectivity index (χ2v) is 19.2. The lowest BCUT2D eigenvalue weighted by Gasteiger charge is -2.62. The molecule has 7 aliphatic rings. The van der Waals surface area contributed by atoms with Crippen molar-refractivity contribution in [3.63, 3.8) is 0 Å². The summed E-state index contributed by atoms with van der Waals surface area (Å²) in [5.41, 5.74) is 1.22. The Hall–Kier alpha value is -5.33. The number of halogens is 3. The number of nitrogens with one attached hydrogen (secondary N) is 1. The molecule has 10 rings (SSSR count). The number of phenols is 1. The van der Waals surface area contributed by atoms with Crippen molar-refractivity contribution in [3.8, 4) is 46.3 Å². The van der Waals surface area contributed by atoms with Gasteiger partial charge in [0.1, 0.15) is 24.0 Å². The zero-order valence-electron chi connectivity index (χ0n) is 36.9. The fourth-order valence-electron chi connectivity index (χ4n) is 10.7. The third-order valence-corrected chi connectivity index (χ3v) is 14.7. The number of piperazine rings is 1. The molecule has 348 valence electrons. The Labute approximate surface area is 376 Å². The van der Waals surface area contributed by atoms with Crippen LogP contribution in [0.4, 0.5) is 18.0 Å². The monoisotopic (exact) mass is 926 g/mol. The molecule has 7 aliphatic heterocycles. The molecule has 2 fully saturated rings. The molecule has 0 amide bonds. The number of methoxy groups -OCH3 is 2. The average Bonchev–Trinajstić information content (AvgIpc) is 3.73. The average molecular weight is 927 g/mol. The number of nitriles is 1. The van der Waals surface area contributed by atoms with Gasteiger partial charge in [-0.05, 0) is 88.9 Å². The molecule has 2 unspecified atom stereocenters. The van der Waals surface area contributed by atoms with Gasteiger partial charge in [0.25, 0.3) is 6.29 Å². The van der Waals surface area contributed by atoms with Crippen molar-refractivity contribution in [1.29, 1.82) is 5.26 Å². The standard InChI is InChI=1S/C45H49F3N4O12S/c1-19-11-22-12-24-25(15-49)52-26-16-59-40(54)44(23-14-27(57-7)28(13-21(23)9-10-50-44)62-42(56)64-43(3,4)5)17-65-39(33(52)32(51(24)6)29(22)34(53)35(19)58-8)31-30(26)38-37(60-18-61-38)20(2)36(31)63-41(55)45(46,47)48/h11,13-14,24-26,32-33,39,41,50,53,55H,9-10,12,16-18H2,1-8H3/t24-,25-,26-,32-,33?,39+,41?,44+/m0/s1. The second-order valence-electron chi connectivity index (χ2n) is 18.1. The van der Waals surface area contributed by atoms with Gasteiger partial charge in [0.15, 0.2) is 40.0 Å². The van der Waals surface area contributed by atoms with Crippen LogP contribution in [-0.4, -0.2) is 115 Å². The number of hydrogen-bond acceptors (Lipinski definition) is 17. The highest BCUT2D eigenvalue weighted by Gasteiger charge is 2.62. The normalized spacial score (nSPS) is 27.3. The fraction of sp³-hybridized carbons (Fsp3) is 0.533. The number of thioether (sulfide) groups is 1. The van der Waals surface area contributed by atoms with Gasteiger partial charge in [-0.15, -0.1) is 11.8 Å². The van der Waals surface area contributed by atoms with E-state index in [0.717, 1.165) is 5.56 Å². The molecule has 0 saturated carbocycles. The lowest BCUT2D eigenvalue weighted by atomic mass is 9.71. The maximum atomic E-state index is 15.0. The number of phenolic OH excluding ortho intramolecular Hbond substituents is 1. The van der Waals surface area contributed by atoms with Crippen LogP contribution in [0.1, 0.15) is 82.6 Å². The number of ether oxygens (including phenoxy) is 8. The summed E-state index contributed by atoms with van der Waals surface area (Å²) in [7, 11) is 4.68. The maximum Gasteiger partial charge on any atom is 0.514 e. The predicted molar refractivity (Wildman–Crippen MR) is 225 cm³/mol. The number of aliphatic hydroxyl groups is 1. The third-order valence-electron chi connectivity index (χ3n) is 13.3. The van der Waals surface area contributed by atoms with Crippen LogP contribution in [0.5, 0.6) is 40.2 Å². The van der Waals surface area contributed by atoms with Crippen molar-refractivity contribution in [2.45, 2.75) is 107 Å². The Morgan fingerprint density at radius 3 is 2.45 bits per heavy atom. The molecular weight excluding hydrogens is 878 g/mol. The summed E-state index contributed by atoms with van der Waals surface area (Å²) >= 11 is 1.21. The number of aliphatic hydroxyl groups excluding tert-OH is 1. The quantitative estimate of drug-likeness (QED) is 0.155. The van der Waals surface area contributed by atoms with E-state index in [4.69, 9.17) is 37.9 Å². The van der Waals surface area contributed by atoms with Crippen LogP contribution in [0.3, 0.4) is 0 Å². The van der Waals surface area contributed by atoms with Crippen LogP contribution < -0.4 is 33.7 Å². The van der Waals surface area contributed by atoms with E-state index in [2.05, 4.69) is 11.4 Å². The van der Waals surface area contributed by atoms with Crippen molar-refractivity contribution in [2.24, 2.45) is 0 Å². The van der Waals surface area contributed by atoms with Gasteiger partial charge < -0.3 is 48.1 Å². The Kier molecular flexibility index (Phi) is 11.0. The number of alkyl halides is 3. The molecule has 8 atom stereocenters. The van der Waals surface area contributed by atoms with Crippen LogP contribution in [0.25, 0.3) is 0 Å². The van der Waals surface area contributed by atoms with Crippen LogP contribution in [0, 0.1) is 25.2 Å². The number of aromatic hydroxyl groups is 1. The Bertz CT molecular complexity index is 2530. The van der Waals surface area contributed by atoms with E-state index in [0.29, 0.717) is 40.7 Å². The first-order valence-corrected chi connectivity index (χ1v) is 22.1. The number of fused-ring (bicyclic) bond motifs is 9. The molecule has 3 aromatic rings. The van der Waals surface area contributed by atoms with E-state index in [-0.39, 0.29) is 70.5 Å². The number of likely N-dealkylation sites (N-methyl/N-ethyl adjacent to an activating group) is 1. The highest BCUT2D eigenvalue weighted by Crippen LogP contribution is 2.65. The van der Waals surface area contributed by atoms with Gasteiger partial charge in [-0.1, -0.05) is 6.07 Å².